The lowest BCUT2D eigenvalue weighted by Gasteiger charge is -2.11. The number of thiophene rings is 1. The quantitative estimate of drug-likeness (QED) is 0.787. The van der Waals surface area contributed by atoms with Gasteiger partial charge in [-0.25, -0.2) is 8.78 Å². The van der Waals surface area contributed by atoms with E-state index in [1.807, 2.05) is 11.4 Å². The monoisotopic (exact) mass is 270 g/mol. The molecule has 88 valence electrons. The molecule has 0 saturated carbocycles. The van der Waals surface area contributed by atoms with Crippen LogP contribution in [0.2, 0.25) is 0 Å². The van der Waals surface area contributed by atoms with Gasteiger partial charge in [0, 0.05) is 10.6 Å². The Kier molecular flexibility index (Phi) is 2.69. The normalized spacial score (nSPS) is 18.4. The second-order valence-electron chi connectivity index (χ2n) is 3.81. The van der Waals surface area contributed by atoms with E-state index in [0.29, 0.717) is 16.9 Å². The van der Waals surface area contributed by atoms with E-state index in [-0.39, 0.29) is 0 Å². The van der Waals surface area contributed by atoms with Crippen molar-refractivity contribution in [1.29, 1.82) is 0 Å². The van der Waals surface area contributed by atoms with E-state index in [9.17, 15) is 13.9 Å². The molecule has 0 fully saturated rings. The zero-order chi connectivity index (χ0) is 12.0. The van der Waals surface area contributed by atoms with Gasteiger partial charge in [-0.15, -0.1) is 23.1 Å². The van der Waals surface area contributed by atoms with Gasteiger partial charge in [0.15, 0.2) is 11.6 Å². The summed E-state index contributed by atoms with van der Waals surface area (Å²) in [5.41, 5.74) is 1.13. The second-order valence-corrected chi connectivity index (χ2v) is 5.77. The van der Waals surface area contributed by atoms with Crippen molar-refractivity contribution in [2.24, 2.45) is 0 Å². The lowest BCUT2D eigenvalue weighted by Crippen LogP contribution is -2.02. The summed E-state index contributed by atoms with van der Waals surface area (Å²) >= 11 is 2.97. The van der Waals surface area contributed by atoms with Gasteiger partial charge in [-0.05, 0) is 34.7 Å². The van der Waals surface area contributed by atoms with Crippen molar-refractivity contribution in [3.05, 3.63) is 51.2 Å². The molecule has 0 saturated heterocycles. The van der Waals surface area contributed by atoms with Crippen molar-refractivity contribution in [1.82, 2.24) is 0 Å². The fourth-order valence-corrected chi connectivity index (χ4v) is 4.08. The molecule has 0 bridgehead atoms. The smallest absolute Gasteiger partial charge is 0.159 e. The Balaban J connectivity index is 2.18. The molecule has 1 aromatic heterocycles. The molecule has 1 N–H and O–H groups in total. The van der Waals surface area contributed by atoms with Gasteiger partial charge in [-0.2, -0.15) is 0 Å². The van der Waals surface area contributed by atoms with E-state index in [2.05, 4.69) is 0 Å². The zero-order valence-electron chi connectivity index (χ0n) is 8.61. The SMILES string of the molecule is OC1c2cc(F)c(F)cc2CSc2ccsc21. The van der Waals surface area contributed by atoms with E-state index in [1.165, 1.54) is 29.2 Å². The molecule has 1 aliphatic heterocycles. The minimum absolute atomic E-state index is 0.470. The summed E-state index contributed by atoms with van der Waals surface area (Å²) in [6.45, 7) is 0. The average molecular weight is 270 g/mol. The van der Waals surface area contributed by atoms with Crippen molar-refractivity contribution >= 4 is 23.1 Å². The Morgan fingerprint density at radius 3 is 2.82 bits per heavy atom. The van der Waals surface area contributed by atoms with Gasteiger partial charge in [-0.3, -0.25) is 0 Å². The number of benzene rings is 1. The highest BCUT2D eigenvalue weighted by molar-refractivity contribution is 7.98. The van der Waals surface area contributed by atoms with Crippen LogP contribution in [0.3, 0.4) is 0 Å². The Bertz CT molecular complexity index is 580. The Labute approximate surface area is 105 Å². The molecule has 1 unspecified atom stereocenters. The standard InChI is InChI=1S/C12H8F2OS2/c13-8-3-6-5-17-10-1-2-16-12(10)11(15)7(6)4-9(8)14/h1-4,11,15H,5H2. The van der Waals surface area contributed by atoms with E-state index in [1.54, 1.807) is 0 Å². The minimum atomic E-state index is -0.909. The van der Waals surface area contributed by atoms with Gasteiger partial charge in [0.25, 0.3) is 0 Å². The van der Waals surface area contributed by atoms with Crippen molar-refractivity contribution in [2.75, 3.05) is 0 Å². The first-order chi connectivity index (χ1) is 8.16. The van der Waals surface area contributed by atoms with Crippen LogP contribution in [-0.2, 0) is 5.75 Å². The molecule has 0 amide bonds. The van der Waals surface area contributed by atoms with Crippen LogP contribution in [0.15, 0.2) is 28.5 Å². The third-order valence-electron chi connectivity index (χ3n) is 2.77. The van der Waals surface area contributed by atoms with Gasteiger partial charge < -0.3 is 5.11 Å². The first-order valence-electron chi connectivity index (χ1n) is 5.03. The summed E-state index contributed by atoms with van der Waals surface area (Å²) in [4.78, 5) is 1.79. The summed E-state index contributed by atoms with van der Waals surface area (Å²) in [6.07, 6.45) is -0.856. The fourth-order valence-electron chi connectivity index (χ4n) is 1.91. The van der Waals surface area contributed by atoms with Crippen molar-refractivity contribution < 1.29 is 13.9 Å². The number of halogens is 2. The highest BCUT2D eigenvalue weighted by Crippen LogP contribution is 2.42. The van der Waals surface area contributed by atoms with Gasteiger partial charge in [-0.1, -0.05) is 0 Å². The Morgan fingerprint density at radius 2 is 2.00 bits per heavy atom. The topological polar surface area (TPSA) is 20.2 Å². The van der Waals surface area contributed by atoms with Crippen molar-refractivity contribution in [3.8, 4) is 0 Å². The minimum Gasteiger partial charge on any atom is -0.383 e. The first-order valence-corrected chi connectivity index (χ1v) is 6.89. The molecule has 1 aliphatic rings. The van der Waals surface area contributed by atoms with Crippen LogP contribution >= 0.6 is 23.1 Å². The maximum absolute atomic E-state index is 13.2. The molecule has 2 aromatic rings. The van der Waals surface area contributed by atoms with E-state index >= 15 is 0 Å². The van der Waals surface area contributed by atoms with E-state index in [4.69, 9.17) is 0 Å². The van der Waals surface area contributed by atoms with Gasteiger partial charge in [0.05, 0.1) is 4.88 Å². The van der Waals surface area contributed by atoms with E-state index < -0.39 is 17.7 Å². The largest absolute Gasteiger partial charge is 0.383 e. The number of hydrogen-bond donors (Lipinski definition) is 1. The summed E-state index contributed by atoms with van der Waals surface area (Å²) in [7, 11) is 0. The number of aliphatic hydroxyl groups excluding tert-OH is 1. The molecule has 1 atom stereocenters. The van der Waals surface area contributed by atoms with E-state index in [0.717, 1.165) is 15.8 Å². The molecule has 1 nitrogen and oxygen atoms in total. The Hall–Kier alpha value is -0.910. The summed E-state index contributed by atoms with van der Waals surface area (Å²) < 4.78 is 26.4. The maximum Gasteiger partial charge on any atom is 0.159 e. The average Bonchev–Trinajstić information content (AvgIpc) is 2.73. The van der Waals surface area contributed by atoms with Crippen LogP contribution in [0.1, 0.15) is 22.1 Å². The number of hydrogen-bond acceptors (Lipinski definition) is 3. The van der Waals surface area contributed by atoms with Gasteiger partial charge >= 0.3 is 0 Å². The molecule has 1 aromatic carbocycles. The summed E-state index contributed by atoms with van der Waals surface area (Å²) in [5.74, 6) is -1.22. The maximum atomic E-state index is 13.2. The van der Waals surface area contributed by atoms with Crippen LogP contribution in [0.25, 0.3) is 0 Å². The van der Waals surface area contributed by atoms with Gasteiger partial charge in [0.2, 0.25) is 0 Å². The molecular formula is C12H8F2OS2. The Morgan fingerprint density at radius 1 is 1.24 bits per heavy atom. The third kappa shape index (κ3) is 1.78. The molecule has 3 rings (SSSR count). The number of fused-ring (bicyclic) bond motifs is 2. The fraction of sp³-hybridized carbons (Fsp3) is 0.167. The third-order valence-corrected chi connectivity index (χ3v) is 4.99. The van der Waals surface area contributed by atoms with Crippen LogP contribution in [0, 0.1) is 11.6 Å². The predicted molar refractivity (Wildman–Crippen MR) is 64.3 cm³/mol. The molecule has 5 heteroatoms. The van der Waals surface area contributed by atoms with Crippen molar-refractivity contribution in [3.63, 3.8) is 0 Å². The molecule has 17 heavy (non-hydrogen) atoms. The summed E-state index contributed by atoms with van der Waals surface area (Å²) in [5, 5.41) is 12.1. The molecule has 0 spiro atoms. The molecule has 0 radical (unpaired) electrons. The molecule has 2 heterocycles. The first kappa shape index (κ1) is 11.2. The van der Waals surface area contributed by atoms with Gasteiger partial charge in [0.1, 0.15) is 6.10 Å². The predicted octanol–water partition coefficient (Wildman–Crippen LogP) is 3.71. The number of rotatable bonds is 0. The highest BCUT2D eigenvalue weighted by atomic mass is 32.2. The second kappa shape index (κ2) is 4.08. The molecule has 0 aliphatic carbocycles. The lowest BCUT2D eigenvalue weighted by atomic mass is 10.0. The zero-order valence-corrected chi connectivity index (χ0v) is 10.2. The van der Waals surface area contributed by atoms with Crippen LogP contribution in [0.5, 0.6) is 0 Å². The lowest BCUT2D eigenvalue weighted by molar-refractivity contribution is 0.220. The van der Waals surface area contributed by atoms with Crippen LogP contribution < -0.4 is 0 Å². The highest BCUT2D eigenvalue weighted by Gasteiger charge is 2.24. The molecular weight excluding hydrogens is 262 g/mol. The van der Waals surface area contributed by atoms with Crippen LogP contribution in [-0.4, -0.2) is 5.11 Å². The number of aliphatic hydroxyl groups is 1. The van der Waals surface area contributed by atoms with Crippen LogP contribution in [0.4, 0.5) is 8.78 Å². The number of thioether (sulfide) groups is 1. The summed E-state index contributed by atoms with van der Waals surface area (Å²) in [6, 6.07) is 4.20. The van der Waals surface area contributed by atoms with Crippen molar-refractivity contribution in [2.45, 2.75) is 16.8 Å².